The van der Waals surface area contributed by atoms with Crippen molar-refractivity contribution in [2.75, 3.05) is 19.6 Å². The number of aliphatic hydroxyl groups is 1. The Morgan fingerprint density at radius 2 is 2.08 bits per heavy atom. The van der Waals surface area contributed by atoms with Crippen molar-refractivity contribution >= 4 is 39.7 Å². The number of carbonyl (C=O) groups excluding carboxylic acids is 1. The lowest BCUT2D eigenvalue weighted by atomic mass is 9.84. The molecule has 1 aliphatic rings. The molecule has 2 aromatic rings. The molecule has 4 nitrogen and oxygen atoms in total. The van der Waals surface area contributed by atoms with Gasteiger partial charge in [0.2, 0.25) is 5.91 Å². The van der Waals surface area contributed by atoms with Crippen molar-refractivity contribution < 1.29 is 9.90 Å². The molecule has 0 bridgehead atoms. The molecule has 2 atom stereocenters. The van der Waals surface area contributed by atoms with Crippen LogP contribution in [-0.2, 0) is 4.79 Å². The van der Waals surface area contributed by atoms with Gasteiger partial charge in [0, 0.05) is 22.5 Å². The molecule has 2 heterocycles. The van der Waals surface area contributed by atoms with Crippen LogP contribution in [0.2, 0.25) is 0 Å². The second kappa shape index (κ2) is 9.53. The van der Waals surface area contributed by atoms with Gasteiger partial charge in [-0.15, -0.1) is 23.7 Å². The van der Waals surface area contributed by atoms with Gasteiger partial charge in [0.05, 0.1) is 0 Å². The van der Waals surface area contributed by atoms with Crippen LogP contribution in [0.25, 0.3) is 10.1 Å². The first-order valence-electron chi connectivity index (χ1n) is 8.77. The van der Waals surface area contributed by atoms with Crippen molar-refractivity contribution in [3.63, 3.8) is 0 Å². The summed E-state index contributed by atoms with van der Waals surface area (Å²) in [5.41, 5.74) is 0. The molecule has 1 fully saturated rings. The molecule has 0 spiro atoms. The van der Waals surface area contributed by atoms with Gasteiger partial charge in [-0.25, -0.2) is 0 Å². The van der Waals surface area contributed by atoms with E-state index in [1.165, 1.54) is 0 Å². The normalized spacial score (nSPS) is 17.7. The van der Waals surface area contributed by atoms with Gasteiger partial charge in [-0.1, -0.05) is 25.1 Å². The van der Waals surface area contributed by atoms with E-state index >= 15 is 0 Å². The summed E-state index contributed by atoms with van der Waals surface area (Å²) < 4.78 is 1.16. The maximum absolute atomic E-state index is 12.2. The number of hydrogen-bond donors (Lipinski definition) is 3. The third-order valence-electron chi connectivity index (χ3n) is 4.96. The molecule has 1 saturated heterocycles. The van der Waals surface area contributed by atoms with E-state index in [4.69, 9.17) is 0 Å². The highest BCUT2D eigenvalue weighted by molar-refractivity contribution is 7.19. The molecule has 1 aromatic carbocycles. The SMILES string of the molecule is CC(CC(=O)NCC(O)c1cc2ccccc2s1)C1CCNCC1.Cl. The molecular weight excluding hydrogens is 356 g/mol. The predicted molar refractivity (Wildman–Crippen MR) is 106 cm³/mol. The molecule has 1 aromatic heterocycles. The third kappa shape index (κ3) is 5.42. The fourth-order valence-electron chi connectivity index (χ4n) is 3.42. The lowest BCUT2D eigenvalue weighted by Crippen LogP contribution is -2.34. The zero-order valence-electron chi connectivity index (χ0n) is 14.5. The standard InChI is InChI=1S/C19H26N2O2S.ClH/c1-13(14-6-8-20-9-7-14)10-19(23)21-12-16(22)18-11-15-4-2-3-5-17(15)24-18;/h2-5,11,13-14,16,20,22H,6-10,12H2,1H3,(H,21,23);1H. The van der Waals surface area contributed by atoms with Crippen molar-refractivity contribution in [1.29, 1.82) is 0 Å². The van der Waals surface area contributed by atoms with Gasteiger partial charge in [0.25, 0.3) is 0 Å². The molecule has 1 amide bonds. The number of halogens is 1. The zero-order valence-corrected chi connectivity index (χ0v) is 16.2. The van der Waals surface area contributed by atoms with E-state index in [1.807, 2.05) is 24.3 Å². The van der Waals surface area contributed by atoms with Gasteiger partial charge in [-0.05, 0) is 55.3 Å². The Morgan fingerprint density at radius 3 is 2.80 bits per heavy atom. The van der Waals surface area contributed by atoms with Gasteiger partial charge in [-0.3, -0.25) is 4.79 Å². The Balaban J connectivity index is 0.00000225. The fraction of sp³-hybridized carbons (Fsp3) is 0.526. The Hall–Kier alpha value is -1.14. The van der Waals surface area contributed by atoms with Gasteiger partial charge in [-0.2, -0.15) is 0 Å². The number of benzene rings is 1. The molecule has 2 unspecified atom stereocenters. The van der Waals surface area contributed by atoms with Crippen LogP contribution in [-0.4, -0.2) is 30.6 Å². The number of hydrogen-bond acceptors (Lipinski definition) is 4. The monoisotopic (exact) mass is 382 g/mol. The van der Waals surface area contributed by atoms with E-state index in [0.29, 0.717) is 18.3 Å². The first-order chi connectivity index (χ1) is 11.6. The first kappa shape index (κ1) is 20.2. The summed E-state index contributed by atoms with van der Waals surface area (Å²) in [6.45, 7) is 4.56. The summed E-state index contributed by atoms with van der Waals surface area (Å²) in [7, 11) is 0. The lowest BCUT2D eigenvalue weighted by Gasteiger charge is -2.28. The number of aliphatic hydroxyl groups excluding tert-OH is 1. The number of nitrogens with one attached hydrogen (secondary N) is 2. The molecule has 3 N–H and O–H groups in total. The third-order valence-corrected chi connectivity index (χ3v) is 6.18. The van der Waals surface area contributed by atoms with Crippen molar-refractivity contribution in [3.8, 4) is 0 Å². The average Bonchev–Trinajstić information content (AvgIpc) is 3.04. The minimum absolute atomic E-state index is 0. The maximum atomic E-state index is 12.2. The van der Waals surface area contributed by atoms with E-state index in [1.54, 1.807) is 11.3 Å². The second-order valence-electron chi connectivity index (χ2n) is 6.78. The summed E-state index contributed by atoms with van der Waals surface area (Å²) in [4.78, 5) is 13.1. The van der Waals surface area contributed by atoms with Gasteiger partial charge in [0.1, 0.15) is 6.10 Å². The minimum atomic E-state index is -0.638. The summed E-state index contributed by atoms with van der Waals surface area (Å²) in [5, 5.41) is 17.7. The summed E-state index contributed by atoms with van der Waals surface area (Å²) in [5.74, 6) is 1.07. The van der Waals surface area contributed by atoms with E-state index in [-0.39, 0.29) is 24.9 Å². The number of rotatable bonds is 6. The van der Waals surface area contributed by atoms with E-state index in [9.17, 15) is 9.90 Å². The Morgan fingerprint density at radius 1 is 1.36 bits per heavy atom. The molecule has 6 heteroatoms. The van der Waals surface area contributed by atoms with Crippen LogP contribution < -0.4 is 10.6 Å². The first-order valence-corrected chi connectivity index (χ1v) is 9.59. The Labute approximate surface area is 159 Å². The molecule has 138 valence electrons. The zero-order chi connectivity index (χ0) is 16.9. The molecule has 25 heavy (non-hydrogen) atoms. The predicted octanol–water partition coefficient (Wildman–Crippen LogP) is 3.50. The highest BCUT2D eigenvalue weighted by atomic mass is 35.5. The average molecular weight is 383 g/mol. The molecule has 0 aliphatic carbocycles. The molecule has 0 saturated carbocycles. The van der Waals surface area contributed by atoms with Crippen molar-refractivity contribution in [2.24, 2.45) is 11.8 Å². The van der Waals surface area contributed by atoms with Crippen molar-refractivity contribution in [2.45, 2.75) is 32.3 Å². The number of piperidine rings is 1. The van der Waals surface area contributed by atoms with Crippen LogP contribution in [0.5, 0.6) is 0 Å². The Kier molecular flexibility index (Phi) is 7.69. The van der Waals surface area contributed by atoms with Crippen LogP contribution in [0.15, 0.2) is 30.3 Å². The van der Waals surface area contributed by atoms with Crippen LogP contribution in [0.3, 0.4) is 0 Å². The van der Waals surface area contributed by atoms with Gasteiger partial charge >= 0.3 is 0 Å². The highest BCUT2D eigenvalue weighted by Gasteiger charge is 2.22. The maximum Gasteiger partial charge on any atom is 0.220 e. The number of fused-ring (bicyclic) bond motifs is 1. The van der Waals surface area contributed by atoms with Gasteiger partial charge < -0.3 is 15.7 Å². The topological polar surface area (TPSA) is 61.4 Å². The highest BCUT2D eigenvalue weighted by Crippen LogP contribution is 2.29. The van der Waals surface area contributed by atoms with Crippen molar-refractivity contribution in [3.05, 3.63) is 35.2 Å². The summed E-state index contributed by atoms with van der Waals surface area (Å²) in [6, 6.07) is 10.1. The number of carbonyl (C=O) groups is 1. The number of amides is 1. The fourth-order valence-corrected chi connectivity index (χ4v) is 4.47. The second-order valence-corrected chi connectivity index (χ2v) is 7.89. The lowest BCUT2D eigenvalue weighted by molar-refractivity contribution is -0.122. The van der Waals surface area contributed by atoms with Crippen molar-refractivity contribution in [1.82, 2.24) is 10.6 Å². The van der Waals surface area contributed by atoms with E-state index in [0.717, 1.165) is 40.9 Å². The van der Waals surface area contributed by atoms with Crippen LogP contribution in [0, 0.1) is 11.8 Å². The van der Waals surface area contributed by atoms with E-state index in [2.05, 4.69) is 23.6 Å². The summed E-state index contributed by atoms with van der Waals surface area (Å²) >= 11 is 1.59. The molecule has 0 radical (unpaired) electrons. The van der Waals surface area contributed by atoms with Crippen LogP contribution >= 0.6 is 23.7 Å². The molecular formula is C19H27ClN2O2S. The molecule has 3 rings (SSSR count). The van der Waals surface area contributed by atoms with Gasteiger partial charge in [0.15, 0.2) is 0 Å². The molecule has 1 aliphatic heterocycles. The largest absolute Gasteiger partial charge is 0.386 e. The smallest absolute Gasteiger partial charge is 0.220 e. The minimum Gasteiger partial charge on any atom is -0.386 e. The van der Waals surface area contributed by atoms with E-state index < -0.39 is 6.10 Å². The van der Waals surface area contributed by atoms with Crippen LogP contribution in [0.1, 0.15) is 37.2 Å². The Bertz CT molecular complexity index is 652. The number of thiophene rings is 1. The quantitative estimate of drug-likeness (QED) is 0.716. The van der Waals surface area contributed by atoms with Crippen LogP contribution in [0.4, 0.5) is 0 Å². The summed E-state index contributed by atoms with van der Waals surface area (Å²) in [6.07, 6.45) is 2.21.